The summed E-state index contributed by atoms with van der Waals surface area (Å²) in [5.41, 5.74) is 2.98. The zero-order valence-electron chi connectivity index (χ0n) is 17.4. The summed E-state index contributed by atoms with van der Waals surface area (Å²) in [5, 5.41) is 19.6. The number of fused-ring (bicyclic) bond motifs is 3. The number of hydrogen-bond acceptors (Lipinski definition) is 5. The van der Waals surface area contributed by atoms with Gasteiger partial charge in [-0.2, -0.15) is 5.10 Å². The lowest BCUT2D eigenvalue weighted by molar-refractivity contribution is 0.0691. The van der Waals surface area contributed by atoms with Crippen LogP contribution >= 0.6 is 11.6 Å². The molecular weight excluding hydrogens is 418 g/mol. The quantitative estimate of drug-likeness (QED) is 0.445. The summed E-state index contributed by atoms with van der Waals surface area (Å²) in [6.45, 7) is 5.07. The largest absolute Gasteiger partial charge is 0.476 e. The second-order valence-electron chi connectivity index (χ2n) is 7.42. The number of hydrogen-bond donors (Lipinski definition) is 2. The van der Waals surface area contributed by atoms with Crippen LogP contribution in [0.25, 0.3) is 21.8 Å². The van der Waals surface area contributed by atoms with Crippen molar-refractivity contribution < 1.29 is 9.90 Å². The number of carbonyl (C=O) groups is 1. The molecule has 0 amide bonds. The average molecular weight is 440 g/mol. The molecule has 2 N–H and O–H groups in total. The number of carboxylic acid groups (broad SMARTS) is 1. The maximum atomic E-state index is 13.1. The molecule has 8 nitrogen and oxygen atoms in total. The minimum absolute atomic E-state index is 0.0642. The number of rotatable bonds is 6. The molecule has 0 saturated carbocycles. The van der Waals surface area contributed by atoms with Gasteiger partial charge in [0.1, 0.15) is 10.8 Å². The van der Waals surface area contributed by atoms with Crippen molar-refractivity contribution in [2.24, 2.45) is 7.05 Å². The van der Waals surface area contributed by atoms with Gasteiger partial charge in [0.15, 0.2) is 5.69 Å². The van der Waals surface area contributed by atoms with Crippen molar-refractivity contribution in [1.82, 2.24) is 19.3 Å². The van der Waals surface area contributed by atoms with Crippen molar-refractivity contribution in [3.63, 3.8) is 0 Å². The lowest BCUT2D eigenvalue weighted by atomic mass is 9.98. The third-order valence-electron chi connectivity index (χ3n) is 5.37. The van der Waals surface area contributed by atoms with Crippen molar-refractivity contribution in [3.8, 4) is 0 Å². The highest BCUT2D eigenvalue weighted by Crippen LogP contribution is 2.28. The first kappa shape index (κ1) is 20.9. The number of halogens is 1. The Morgan fingerprint density at radius 1 is 1.26 bits per heavy atom. The Balaban J connectivity index is 1.77. The lowest BCUT2D eigenvalue weighted by Gasteiger charge is -2.14. The van der Waals surface area contributed by atoms with Gasteiger partial charge < -0.3 is 10.4 Å². The van der Waals surface area contributed by atoms with Gasteiger partial charge in [-0.05, 0) is 44.0 Å². The maximum Gasteiger partial charge on any atom is 0.356 e. The Hall–Kier alpha value is -3.39. The first-order valence-corrected chi connectivity index (χ1v) is 10.3. The van der Waals surface area contributed by atoms with Crippen LogP contribution in [0.1, 0.15) is 28.5 Å². The molecule has 0 saturated heterocycles. The van der Waals surface area contributed by atoms with Gasteiger partial charge in [-0.1, -0.05) is 23.2 Å². The van der Waals surface area contributed by atoms with Crippen LogP contribution in [0.5, 0.6) is 0 Å². The number of pyridine rings is 2. The number of aromatic nitrogens is 4. The van der Waals surface area contributed by atoms with E-state index in [4.69, 9.17) is 11.6 Å². The van der Waals surface area contributed by atoms with Crippen molar-refractivity contribution >= 4 is 45.1 Å². The Kier molecular flexibility index (Phi) is 5.41. The van der Waals surface area contributed by atoms with Crippen LogP contribution in [0.4, 0.5) is 5.69 Å². The summed E-state index contributed by atoms with van der Waals surface area (Å²) in [6, 6.07) is 7.12. The van der Waals surface area contributed by atoms with Gasteiger partial charge in [-0.15, -0.1) is 0 Å². The molecule has 0 radical (unpaired) electrons. The topological polar surface area (TPSA) is 102 Å². The van der Waals surface area contributed by atoms with Crippen LogP contribution in [0.15, 0.2) is 35.3 Å². The Bertz CT molecular complexity index is 1390. The molecule has 0 bridgehead atoms. The van der Waals surface area contributed by atoms with Crippen molar-refractivity contribution in [2.45, 2.75) is 26.8 Å². The molecule has 4 rings (SSSR count). The summed E-state index contributed by atoms with van der Waals surface area (Å²) < 4.78 is 3.46. The zero-order chi connectivity index (χ0) is 22.3. The molecule has 0 fully saturated rings. The van der Waals surface area contributed by atoms with Crippen LogP contribution < -0.4 is 10.9 Å². The molecule has 0 spiro atoms. The molecule has 1 aromatic carbocycles. The molecule has 0 atom stereocenters. The molecule has 9 heteroatoms. The van der Waals surface area contributed by atoms with Crippen LogP contribution in [-0.2, 0) is 20.0 Å². The zero-order valence-corrected chi connectivity index (χ0v) is 18.2. The van der Waals surface area contributed by atoms with E-state index in [2.05, 4.69) is 21.5 Å². The SMILES string of the molecule is CCn1ncc2c3c(CCNc4ccc(Cl)nc4C(=O)O)cc(C)cc3c(=O)n(C)c21. The van der Waals surface area contributed by atoms with Gasteiger partial charge in [0.25, 0.3) is 5.56 Å². The average Bonchev–Trinajstić information content (AvgIpc) is 3.16. The first-order valence-electron chi connectivity index (χ1n) is 9.93. The normalized spacial score (nSPS) is 11.4. The highest BCUT2D eigenvalue weighted by molar-refractivity contribution is 6.29. The first-order chi connectivity index (χ1) is 14.8. The van der Waals surface area contributed by atoms with E-state index in [1.54, 1.807) is 29.9 Å². The van der Waals surface area contributed by atoms with E-state index < -0.39 is 5.97 Å². The van der Waals surface area contributed by atoms with Crippen molar-refractivity contribution in [3.05, 3.63) is 62.8 Å². The van der Waals surface area contributed by atoms with Gasteiger partial charge in [-0.3, -0.25) is 9.36 Å². The number of aromatic carboxylic acids is 1. The standard InChI is InChI=1S/C22H22ClN5O3/c1-4-28-20-15(11-25-28)18-13(9-12(2)10-14(18)21(29)27(20)3)7-8-24-16-5-6-17(23)26-19(16)22(30)31/h5-6,9-11,24H,4,7-8H2,1-3H3,(H,30,31). The smallest absolute Gasteiger partial charge is 0.356 e. The molecule has 3 aromatic heterocycles. The van der Waals surface area contributed by atoms with Crippen LogP contribution in [0.2, 0.25) is 5.15 Å². The van der Waals surface area contributed by atoms with Crippen LogP contribution in [0, 0.1) is 6.92 Å². The maximum absolute atomic E-state index is 13.1. The second-order valence-corrected chi connectivity index (χ2v) is 7.81. The fourth-order valence-corrected chi connectivity index (χ4v) is 4.18. The van der Waals surface area contributed by atoms with Crippen molar-refractivity contribution in [1.29, 1.82) is 0 Å². The molecule has 0 aliphatic heterocycles. The molecule has 4 aromatic rings. The molecule has 0 unspecified atom stereocenters. The van der Waals surface area contributed by atoms with E-state index in [1.807, 2.05) is 24.6 Å². The number of carboxylic acids is 1. The van der Waals surface area contributed by atoms with E-state index in [1.165, 1.54) is 0 Å². The summed E-state index contributed by atoms with van der Waals surface area (Å²) in [6.07, 6.45) is 2.39. The molecule has 0 aliphatic carbocycles. The van der Waals surface area contributed by atoms with Gasteiger partial charge in [0, 0.05) is 36.3 Å². The van der Waals surface area contributed by atoms with Crippen LogP contribution in [0.3, 0.4) is 0 Å². The molecule has 0 aliphatic rings. The highest BCUT2D eigenvalue weighted by Gasteiger charge is 2.17. The number of benzene rings is 1. The summed E-state index contributed by atoms with van der Waals surface area (Å²) in [5.74, 6) is -1.15. The minimum atomic E-state index is -1.15. The minimum Gasteiger partial charge on any atom is -0.476 e. The van der Waals surface area contributed by atoms with Gasteiger partial charge in [0.05, 0.1) is 11.9 Å². The highest BCUT2D eigenvalue weighted by atomic mass is 35.5. The molecule has 160 valence electrons. The van der Waals surface area contributed by atoms with E-state index in [0.717, 1.165) is 27.5 Å². The summed E-state index contributed by atoms with van der Waals surface area (Å²) in [7, 11) is 1.77. The van der Waals surface area contributed by atoms with Gasteiger partial charge in [0.2, 0.25) is 0 Å². The van der Waals surface area contributed by atoms with Crippen LogP contribution in [-0.4, -0.2) is 37.0 Å². The van der Waals surface area contributed by atoms with E-state index in [0.29, 0.717) is 30.6 Å². The fraction of sp³-hybridized carbons (Fsp3) is 0.273. The monoisotopic (exact) mass is 439 g/mol. The number of nitrogens with one attached hydrogen (secondary N) is 1. The van der Waals surface area contributed by atoms with E-state index >= 15 is 0 Å². The number of anilines is 1. The lowest BCUT2D eigenvalue weighted by Crippen LogP contribution is -2.20. The Morgan fingerprint density at radius 2 is 2.03 bits per heavy atom. The predicted octanol–water partition coefficient (Wildman–Crippen LogP) is 3.62. The second kappa shape index (κ2) is 8.03. The van der Waals surface area contributed by atoms with Gasteiger partial charge in [-0.25, -0.2) is 14.5 Å². The molecule has 3 heterocycles. The fourth-order valence-electron chi connectivity index (χ4n) is 4.04. The molecular formula is C22H22ClN5O3. The Morgan fingerprint density at radius 3 is 2.74 bits per heavy atom. The summed E-state index contributed by atoms with van der Waals surface area (Å²) >= 11 is 5.83. The predicted molar refractivity (Wildman–Crippen MR) is 121 cm³/mol. The number of nitrogens with zero attached hydrogens (tertiary/aromatic N) is 4. The van der Waals surface area contributed by atoms with Gasteiger partial charge >= 0.3 is 5.97 Å². The number of aryl methyl sites for hydroxylation is 3. The summed E-state index contributed by atoms with van der Waals surface area (Å²) in [4.78, 5) is 28.4. The third-order valence-corrected chi connectivity index (χ3v) is 5.58. The van der Waals surface area contributed by atoms with Crippen molar-refractivity contribution in [2.75, 3.05) is 11.9 Å². The van der Waals surface area contributed by atoms with E-state index in [9.17, 15) is 14.7 Å². The molecule has 31 heavy (non-hydrogen) atoms. The van der Waals surface area contributed by atoms with E-state index in [-0.39, 0.29) is 16.4 Å². The Labute approximate surface area is 183 Å². The third kappa shape index (κ3) is 3.63.